The van der Waals surface area contributed by atoms with Crippen molar-refractivity contribution in [1.29, 1.82) is 0 Å². The van der Waals surface area contributed by atoms with Crippen LogP contribution in [-0.4, -0.2) is 32.4 Å². The number of fused-ring (bicyclic) bond motifs is 1. The Bertz CT molecular complexity index is 863. The van der Waals surface area contributed by atoms with E-state index in [0.717, 1.165) is 29.6 Å². The summed E-state index contributed by atoms with van der Waals surface area (Å²) in [4.78, 5) is 16.6. The molecule has 4 rings (SSSR count). The number of rotatable bonds is 6. The molecule has 1 amide bonds. The monoisotopic (exact) mass is 339 g/mol. The molecule has 7 nitrogen and oxygen atoms in total. The second-order valence-electron chi connectivity index (χ2n) is 6.49. The second-order valence-corrected chi connectivity index (χ2v) is 6.49. The summed E-state index contributed by atoms with van der Waals surface area (Å²) >= 11 is 0. The van der Waals surface area contributed by atoms with Gasteiger partial charge in [0.1, 0.15) is 6.54 Å². The van der Waals surface area contributed by atoms with E-state index in [-0.39, 0.29) is 12.5 Å². The lowest BCUT2D eigenvalue weighted by Crippen LogP contribution is -2.29. The first-order chi connectivity index (χ1) is 12.3. The Morgan fingerprint density at radius 2 is 2.12 bits per heavy atom. The lowest BCUT2D eigenvalue weighted by molar-refractivity contribution is -0.121. The molecule has 1 aliphatic carbocycles. The van der Waals surface area contributed by atoms with Gasteiger partial charge in [0.15, 0.2) is 5.82 Å². The van der Waals surface area contributed by atoms with Crippen molar-refractivity contribution in [3.8, 4) is 0 Å². The molecule has 0 saturated heterocycles. The molecule has 1 N–H and O–H groups in total. The van der Waals surface area contributed by atoms with Gasteiger partial charge in [-0.1, -0.05) is 36.2 Å². The number of hydrogen-bond donors (Lipinski definition) is 1. The number of amides is 1. The Labute approximate surface area is 145 Å². The topological polar surface area (TPSA) is 85.8 Å². The van der Waals surface area contributed by atoms with E-state index in [4.69, 9.17) is 4.52 Å². The number of aromatic nitrogens is 4. The van der Waals surface area contributed by atoms with Crippen LogP contribution in [0.2, 0.25) is 0 Å². The highest BCUT2D eigenvalue weighted by molar-refractivity contribution is 5.81. The molecule has 0 spiro atoms. The fraction of sp³-hybridized carbons (Fsp3) is 0.444. The van der Waals surface area contributed by atoms with Gasteiger partial charge in [-0.2, -0.15) is 10.1 Å². The van der Waals surface area contributed by atoms with Gasteiger partial charge in [0.05, 0.1) is 11.7 Å². The van der Waals surface area contributed by atoms with Crippen molar-refractivity contribution in [1.82, 2.24) is 25.2 Å². The average Bonchev–Trinajstić information content (AvgIpc) is 3.35. The quantitative estimate of drug-likeness (QED) is 0.745. The van der Waals surface area contributed by atoms with Gasteiger partial charge in [0, 0.05) is 24.3 Å². The first-order valence-electron chi connectivity index (χ1n) is 8.79. The number of benzene rings is 1. The summed E-state index contributed by atoms with van der Waals surface area (Å²) in [5, 5.41) is 12.2. The molecule has 1 saturated carbocycles. The minimum Gasteiger partial charge on any atom is -0.354 e. The van der Waals surface area contributed by atoms with Gasteiger partial charge in [-0.15, -0.1) is 0 Å². The van der Waals surface area contributed by atoms with Crippen LogP contribution in [0.4, 0.5) is 0 Å². The van der Waals surface area contributed by atoms with Gasteiger partial charge in [-0.05, 0) is 18.9 Å². The molecule has 0 radical (unpaired) electrons. The summed E-state index contributed by atoms with van der Waals surface area (Å²) in [6.45, 7) is 0.689. The molecule has 2 aromatic heterocycles. The third kappa shape index (κ3) is 3.55. The van der Waals surface area contributed by atoms with Gasteiger partial charge in [-0.25, -0.2) is 0 Å². The smallest absolute Gasteiger partial charge is 0.241 e. The summed E-state index contributed by atoms with van der Waals surface area (Å²) < 4.78 is 7.06. The predicted molar refractivity (Wildman–Crippen MR) is 92.0 cm³/mol. The minimum absolute atomic E-state index is 0.0756. The Hall–Kier alpha value is -2.70. The van der Waals surface area contributed by atoms with Gasteiger partial charge >= 0.3 is 0 Å². The van der Waals surface area contributed by atoms with Crippen LogP contribution >= 0.6 is 0 Å². The fourth-order valence-electron chi connectivity index (χ4n) is 3.37. The van der Waals surface area contributed by atoms with E-state index >= 15 is 0 Å². The van der Waals surface area contributed by atoms with E-state index in [1.807, 2.05) is 24.3 Å². The van der Waals surface area contributed by atoms with Crippen LogP contribution in [0.15, 0.2) is 35.0 Å². The maximum Gasteiger partial charge on any atom is 0.241 e. The van der Waals surface area contributed by atoms with Gasteiger partial charge in [-0.3, -0.25) is 9.48 Å². The van der Waals surface area contributed by atoms with Crippen LogP contribution < -0.4 is 5.32 Å². The minimum atomic E-state index is -0.0756. The van der Waals surface area contributed by atoms with Crippen LogP contribution in [0.25, 0.3) is 10.9 Å². The van der Waals surface area contributed by atoms with Crippen LogP contribution in [0.3, 0.4) is 0 Å². The molecule has 0 unspecified atom stereocenters. The van der Waals surface area contributed by atoms with Crippen molar-refractivity contribution in [3.63, 3.8) is 0 Å². The molecular weight excluding hydrogens is 318 g/mol. The summed E-state index contributed by atoms with van der Waals surface area (Å²) in [6, 6.07) is 7.84. The van der Waals surface area contributed by atoms with E-state index < -0.39 is 0 Å². The van der Waals surface area contributed by atoms with E-state index in [0.29, 0.717) is 24.7 Å². The number of para-hydroxylation sites is 1. The van der Waals surface area contributed by atoms with Crippen molar-refractivity contribution in [2.45, 2.75) is 44.6 Å². The Kier molecular flexibility index (Phi) is 4.45. The number of carbonyl (C=O) groups is 1. The van der Waals surface area contributed by atoms with Gasteiger partial charge < -0.3 is 9.84 Å². The largest absolute Gasteiger partial charge is 0.354 e. The molecule has 0 aliphatic heterocycles. The molecular formula is C18H21N5O2. The van der Waals surface area contributed by atoms with Crippen LogP contribution in [0.5, 0.6) is 0 Å². The van der Waals surface area contributed by atoms with Crippen LogP contribution in [0.1, 0.15) is 43.3 Å². The van der Waals surface area contributed by atoms with Crippen molar-refractivity contribution in [2.75, 3.05) is 6.54 Å². The lowest BCUT2D eigenvalue weighted by Gasteiger charge is -2.05. The van der Waals surface area contributed by atoms with Crippen molar-refractivity contribution in [3.05, 3.63) is 42.2 Å². The van der Waals surface area contributed by atoms with Crippen molar-refractivity contribution in [2.24, 2.45) is 0 Å². The highest BCUT2D eigenvalue weighted by Gasteiger charge is 2.22. The van der Waals surface area contributed by atoms with Crippen molar-refractivity contribution < 1.29 is 9.32 Å². The SMILES string of the molecule is O=C(Cn1ncc2ccccc21)NCCc1noc(C2CCCC2)n1. The van der Waals surface area contributed by atoms with Crippen LogP contribution in [-0.2, 0) is 17.8 Å². The molecule has 1 fully saturated rings. The standard InChI is InChI=1S/C18H21N5O2/c24-17(12-23-15-8-4-3-7-14(15)11-20-23)19-10-9-16-21-18(25-22-16)13-5-1-2-6-13/h3-4,7-8,11,13H,1-2,5-6,9-10,12H2,(H,19,24). The molecule has 1 aromatic carbocycles. The summed E-state index contributed by atoms with van der Waals surface area (Å²) in [7, 11) is 0. The predicted octanol–water partition coefficient (Wildman–Crippen LogP) is 2.44. The van der Waals surface area contributed by atoms with Crippen LogP contribution in [0, 0.1) is 0 Å². The molecule has 1 aliphatic rings. The molecule has 0 bridgehead atoms. The lowest BCUT2D eigenvalue weighted by atomic mass is 10.1. The molecule has 130 valence electrons. The number of hydrogen-bond acceptors (Lipinski definition) is 5. The Morgan fingerprint density at radius 3 is 3.00 bits per heavy atom. The van der Waals surface area contributed by atoms with E-state index in [9.17, 15) is 4.79 Å². The molecule has 7 heteroatoms. The first-order valence-corrected chi connectivity index (χ1v) is 8.79. The summed E-state index contributed by atoms with van der Waals surface area (Å²) in [5.74, 6) is 1.76. The van der Waals surface area contributed by atoms with E-state index in [1.165, 1.54) is 12.8 Å². The maximum atomic E-state index is 12.1. The van der Waals surface area contributed by atoms with Gasteiger partial charge in [0.2, 0.25) is 11.8 Å². The number of nitrogens with one attached hydrogen (secondary N) is 1. The highest BCUT2D eigenvalue weighted by atomic mass is 16.5. The summed E-state index contributed by atoms with van der Waals surface area (Å²) in [6.07, 6.45) is 7.09. The Balaban J connectivity index is 1.27. The highest BCUT2D eigenvalue weighted by Crippen LogP contribution is 2.32. The summed E-state index contributed by atoms with van der Waals surface area (Å²) in [5.41, 5.74) is 0.956. The van der Waals surface area contributed by atoms with E-state index in [2.05, 4.69) is 20.6 Å². The molecule has 2 heterocycles. The molecule has 3 aromatic rings. The molecule has 25 heavy (non-hydrogen) atoms. The zero-order valence-electron chi connectivity index (χ0n) is 14.0. The first kappa shape index (κ1) is 15.8. The van der Waals surface area contributed by atoms with E-state index in [1.54, 1.807) is 10.9 Å². The number of carbonyl (C=O) groups excluding carboxylic acids is 1. The normalized spacial score (nSPS) is 15.0. The number of nitrogens with zero attached hydrogens (tertiary/aromatic N) is 4. The average molecular weight is 339 g/mol. The molecule has 0 atom stereocenters. The zero-order chi connectivity index (χ0) is 17.1. The maximum absolute atomic E-state index is 12.1. The third-order valence-corrected chi connectivity index (χ3v) is 4.70. The third-order valence-electron chi connectivity index (χ3n) is 4.70. The van der Waals surface area contributed by atoms with Gasteiger partial charge in [0.25, 0.3) is 0 Å². The van der Waals surface area contributed by atoms with Crippen molar-refractivity contribution >= 4 is 16.8 Å². The zero-order valence-corrected chi connectivity index (χ0v) is 14.0. The fourth-order valence-corrected chi connectivity index (χ4v) is 3.37. The second kappa shape index (κ2) is 7.04. The Morgan fingerprint density at radius 1 is 1.28 bits per heavy atom.